The first-order valence-electron chi connectivity index (χ1n) is 10.5. The summed E-state index contributed by atoms with van der Waals surface area (Å²) in [4.78, 5) is 30.9. The maximum absolute atomic E-state index is 13.7. The number of rotatable bonds is 8. The van der Waals surface area contributed by atoms with E-state index in [-0.39, 0.29) is 11.6 Å². The third-order valence-electron chi connectivity index (χ3n) is 5.90. The Labute approximate surface area is 201 Å². The average molecular weight is 464 g/mol. The standard InChI is InChI=1S/C27H29NO2S2/c1-26(2,24(29)20-10-14-22(31)15-11-20)28(18-19-8-6-5-7-9-19)27(3,4)25(30)21-12-16-23(32)17-13-21/h5-17,31-32H,18H2,1-4H3. The fourth-order valence-electron chi connectivity index (χ4n) is 4.04. The molecule has 32 heavy (non-hydrogen) atoms. The lowest BCUT2D eigenvalue weighted by Gasteiger charge is -2.47. The minimum absolute atomic E-state index is 0.0478. The molecule has 0 N–H and O–H groups in total. The van der Waals surface area contributed by atoms with Gasteiger partial charge in [0.15, 0.2) is 11.6 Å². The van der Waals surface area contributed by atoms with Gasteiger partial charge in [-0.1, -0.05) is 54.6 Å². The molecule has 3 aromatic carbocycles. The first-order chi connectivity index (χ1) is 15.0. The Hall–Kier alpha value is -2.34. The van der Waals surface area contributed by atoms with Gasteiger partial charge in [0.25, 0.3) is 0 Å². The number of carbonyl (C=O) groups excluding carboxylic acids is 2. The molecule has 0 aliphatic carbocycles. The third-order valence-corrected chi connectivity index (χ3v) is 6.50. The van der Waals surface area contributed by atoms with Crippen LogP contribution in [0.4, 0.5) is 0 Å². The second-order valence-electron chi connectivity index (χ2n) is 8.94. The molecule has 0 saturated heterocycles. The summed E-state index contributed by atoms with van der Waals surface area (Å²) in [6.45, 7) is 8.00. The highest BCUT2D eigenvalue weighted by atomic mass is 32.1. The summed E-state index contributed by atoms with van der Waals surface area (Å²) in [6.07, 6.45) is 0. The van der Waals surface area contributed by atoms with Crippen molar-refractivity contribution in [3.63, 3.8) is 0 Å². The van der Waals surface area contributed by atoms with Crippen LogP contribution in [0.1, 0.15) is 54.0 Å². The van der Waals surface area contributed by atoms with Gasteiger partial charge >= 0.3 is 0 Å². The van der Waals surface area contributed by atoms with E-state index in [1.807, 2.05) is 87.2 Å². The van der Waals surface area contributed by atoms with E-state index in [0.29, 0.717) is 17.7 Å². The molecule has 0 amide bonds. The number of benzene rings is 3. The highest BCUT2D eigenvalue weighted by Gasteiger charge is 2.46. The highest BCUT2D eigenvalue weighted by molar-refractivity contribution is 7.80. The first kappa shape index (κ1) is 24.3. The molecule has 0 aliphatic heterocycles. The zero-order valence-corrected chi connectivity index (χ0v) is 20.7. The Bertz CT molecular complexity index is 1020. The van der Waals surface area contributed by atoms with E-state index in [1.54, 1.807) is 24.3 Å². The van der Waals surface area contributed by atoms with Gasteiger partial charge in [-0.25, -0.2) is 0 Å². The molecule has 3 aromatic rings. The summed E-state index contributed by atoms with van der Waals surface area (Å²) in [5.74, 6) is -0.0957. The Morgan fingerprint density at radius 2 is 1.03 bits per heavy atom. The van der Waals surface area contributed by atoms with Gasteiger partial charge in [-0.15, -0.1) is 25.3 Å². The summed E-state index contributed by atoms with van der Waals surface area (Å²) in [6, 6.07) is 24.3. The van der Waals surface area contributed by atoms with Gasteiger partial charge in [0.1, 0.15) is 0 Å². The fraction of sp³-hybridized carbons (Fsp3) is 0.259. The van der Waals surface area contributed by atoms with Crippen molar-refractivity contribution in [3.05, 3.63) is 95.6 Å². The topological polar surface area (TPSA) is 37.4 Å². The van der Waals surface area contributed by atoms with Gasteiger partial charge < -0.3 is 0 Å². The molecule has 0 unspecified atom stereocenters. The zero-order chi connectivity index (χ0) is 23.5. The lowest BCUT2D eigenvalue weighted by atomic mass is 9.82. The van der Waals surface area contributed by atoms with Gasteiger partial charge in [0.05, 0.1) is 11.1 Å². The van der Waals surface area contributed by atoms with Crippen molar-refractivity contribution < 1.29 is 9.59 Å². The number of nitrogens with zero attached hydrogens (tertiary/aromatic N) is 1. The quantitative estimate of drug-likeness (QED) is 0.300. The molecule has 166 valence electrons. The summed E-state index contributed by atoms with van der Waals surface area (Å²) in [5, 5.41) is 0. The van der Waals surface area contributed by atoms with E-state index >= 15 is 0 Å². The monoisotopic (exact) mass is 463 g/mol. The number of hydrogen-bond donors (Lipinski definition) is 2. The fourth-order valence-corrected chi connectivity index (χ4v) is 4.34. The van der Waals surface area contributed by atoms with Crippen LogP contribution in [0, 0.1) is 0 Å². The van der Waals surface area contributed by atoms with Gasteiger partial charge in [-0.2, -0.15) is 0 Å². The van der Waals surface area contributed by atoms with Crippen molar-refractivity contribution >= 4 is 36.8 Å². The van der Waals surface area contributed by atoms with Gasteiger partial charge in [0, 0.05) is 27.5 Å². The van der Waals surface area contributed by atoms with Gasteiger partial charge in [-0.3, -0.25) is 14.5 Å². The molecule has 0 fully saturated rings. The second-order valence-corrected chi connectivity index (χ2v) is 9.97. The Balaban J connectivity index is 2.05. The van der Waals surface area contributed by atoms with Crippen molar-refractivity contribution in [2.45, 2.75) is 55.1 Å². The number of thiol groups is 2. The predicted molar refractivity (Wildman–Crippen MR) is 136 cm³/mol. The van der Waals surface area contributed by atoms with Crippen LogP contribution in [0.25, 0.3) is 0 Å². The molecule has 5 heteroatoms. The molecule has 0 saturated carbocycles. The minimum Gasteiger partial charge on any atom is -0.292 e. The number of ketones is 2. The van der Waals surface area contributed by atoms with Crippen LogP contribution in [0.3, 0.4) is 0 Å². The van der Waals surface area contributed by atoms with E-state index in [1.165, 1.54) is 0 Å². The molecule has 0 aliphatic rings. The van der Waals surface area contributed by atoms with Crippen LogP contribution in [0.2, 0.25) is 0 Å². The summed E-state index contributed by atoms with van der Waals surface area (Å²) >= 11 is 8.66. The lowest BCUT2D eigenvalue weighted by molar-refractivity contribution is 0.0147. The molecule has 0 radical (unpaired) electrons. The molecule has 0 atom stereocenters. The zero-order valence-electron chi connectivity index (χ0n) is 18.9. The number of carbonyl (C=O) groups is 2. The molecule has 0 aromatic heterocycles. The molecular weight excluding hydrogens is 434 g/mol. The van der Waals surface area contributed by atoms with Crippen molar-refractivity contribution in [2.75, 3.05) is 0 Å². The number of Topliss-reactive ketones (excluding diaryl/α,β-unsaturated/α-hetero) is 2. The molecular formula is C27H29NO2S2. The van der Waals surface area contributed by atoms with Crippen molar-refractivity contribution in [1.82, 2.24) is 4.90 Å². The Kier molecular flexibility index (Phi) is 7.33. The van der Waals surface area contributed by atoms with E-state index in [0.717, 1.165) is 15.4 Å². The molecule has 0 spiro atoms. The van der Waals surface area contributed by atoms with Crippen LogP contribution in [-0.4, -0.2) is 27.5 Å². The molecule has 0 heterocycles. The molecule has 3 rings (SSSR count). The molecule has 3 nitrogen and oxygen atoms in total. The molecule has 0 bridgehead atoms. The van der Waals surface area contributed by atoms with E-state index in [9.17, 15) is 9.59 Å². The van der Waals surface area contributed by atoms with Crippen LogP contribution in [0.5, 0.6) is 0 Å². The maximum atomic E-state index is 13.7. The van der Waals surface area contributed by atoms with Crippen molar-refractivity contribution in [1.29, 1.82) is 0 Å². The SMILES string of the molecule is CC(C)(C(=O)c1ccc(S)cc1)N(Cc1ccccc1)C(C)(C)C(=O)c1ccc(S)cc1. The maximum Gasteiger partial charge on any atom is 0.182 e. The van der Waals surface area contributed by atoms with E-state index in [4.69, 9.17) is 0 Å². The van der Waals surface area contributed by atoms with Crippen LogP contribution in [0.15, 0.2) is 88.7 Å². The summed E-state index contributed by atoms with van der Waals surface area (Å²) < 4.78 is 0. The van der Waals surface area contributed by atoms with Gasteiger partial charge in [0.2, 0.25) is 0 Å². The van der Waals surface area contributed by atoms with E-state index in [2.05, 4.69) is 25.3 Å². The van der Waals surface area contributed by atoms with Crippen molar-refractivity contribution in [3.8, 4) is 0 Å². The largest absolute Gasteiger partial charge is 0.292 e. The highest BCUT2D eigenvalue weighted by Crippen LogP contribution is 2.33. The predicted octanol–water partition coefficient (Wildman–Crippen LogP) is 6.39. The van der Waals surface area contributed by atoms with Crippen LogP contribution in [-0.2, 0) is 6.54 Å². The summed E-state index contributed by atoms with van der Waals surface area (Å²) in [7, 11) is 0. The van der Waals surface area contributed by atoms with Gasteiger partial charge in [-0.05, 0) is 57.5 Å². The normalized spacial score (nSPS) is 12.1. The Morgan fingerprint density at radius 1 is 0.656 bits per heavy atom. The minimum atomic E-state index is -0.948. The Morgan fingerprint density at radius 3 is 1.41 bits per heavy atom. The first-order valence-corrected chi connectivity index (χ1v) is 11.4. The summed E-state index contributed by atoms with van der Waals surface area (Å²) in [5.41, 5.74) is 0.320. The average Bonchev–Trinajstić information content (AvgIpc) is 2.78. The number of hydrogen-bond acceptors (Lipinski definition) is 5. The smallest absolute Gasteiger partial charge is 0.182 e. The lowest BCUT2D eigenvalue weighted by Crippen LogP contribution is -2.61. The third kappa shape index (κ3) is 5.17. The van der Waals surface area contributed by atoms with E-state index < -0.39 is 11.1 Å². The van der Waals surface area contributed by atoms with Crippen LogP contribution >= 0.6 is 25.3 Å². The second kappa shape index (κ2) is 9.65. The van der Waals surface area contributed by atoms with Crippen LogP contribution < -0.4 is 0 Å². The van der Waals surface area contributed by atoms with Crippen molar-refractivity contribution in [2.24, 2.45) is 0 Å².